The number of urea groups is 1. The molecule has 3 rings (SSSR count). The van der Waals surface area contributed by atoms with Gasteiger partial charge in [-0.1, -0.05) is 50.2 Å². The standard InChI is InChI=1S/C24H30N4O2/c1-18(2)16-28-17-22(20-12-7-8-13-21(20)23(28)29)26-24(30)25-14-9-15-27(3)19-10-5-4-6-11-19/h4-8,10-13,17-18H,9,14-16H2,1-3H3,(H2,25,26,30). The van der Waals surface area contributed by atoms with Gasteiger partial charge in [0.1, 0.15) is 0 Å². The van der Waals surface area contributed by atoms with E-state index < -0.39 is 0 Å². The molecule has 2 aromatic carbocycles. The van der Waals surface area contributed by atoms with E-state index in [1.54, 1.807) is 16.8 Å². The van der Waals surface area contributed by atoms with Gasteiger partial charge in [0, 0.05) is 49.3 Å². The van der Waals surface area contributed by atoms with Gasteiger partial charge in [0.25, 0.3) is 5.56 Å². The van der Waals surface area contributed by atoms with Crippen molar-refractivity contribution in [2.75, 3.05) is 30.4 Å². The van der Waals surface area contributed by atoms with Crippen LogP contribution in [0.3, 0.4) is 0 Å². The number of rotatable bonds is 8. The lowest BCUT2D eigenvalue weighted by atomic mass is 10.1. The number of carbonyl (C=O) groups excluding carboxylic acids is 1. The molecule has 3 aromatic rings. The number of benzene rings is 2. The molecular formula is C24H30N4O2. The van der Waals surface area contributed by atoms with Crippen LogP contribution in [0.25, 0.3) is 10.8 Å². The van der Waals surface area contributed by atoms with Gasteiger partial charge < -0.3 is 20.1 Å². The largest absolute Gasteiger partial charge is 0.375 e. The van der Waals surface area contributed by atoms with Crippen LogP contribution in [-0.4, -0.2) is 30.7 Å². The second-order valence-corrected chi connectivity index (χ2v) is 7.93. The van der Waals surface area contributed by atoms with Crippen molar-refractivity contribution in [2.45, 2.75) is 26.8 Å². The summed E-state index contributed by atoms with van der Waals surface area (Å²) in [6, 6.07) is 17.3. The molecule has 1 aromatic heterocycles. The molecule has 6 heteroatoms. The average molecular weight is 407 g/mol. The first-order valence-corrected chi connectivity index (χ1v) is 10.4. The molecule has 0 radical (unpaired) electrons. The zero-order chi connectivity index (χ0) is 21.5. The molecule has 158 valence electrons. The Morgan fingerprint density at radius 3 is 2.40 bits per heavy atom. The maximum Gasteiger partial charge on any atom is 0.319 e. The van der Waals surface area contributed by atoms with E-state index in [-0.39, 0.29) is 11.6 Å². The van der Waals surface area contributed by atoms with Crippen molar-refractivity contribution < 1.29 is 4.79 Å². The Morgan fingerprint density at radius 1 is 1.03 bits per heavy atom. The maximum atomic E-state index is 12.7. The van der Waals surface area contributed by atoms with Crippen LogP contribution in [0.15, 0.2) is 65.6 Å². The number of para-hydroxylation sites is 1. The van der Waals surface area contributed by atoms with E-state index in [2.05, 4.69) is 41.5 Å². The number of hydrogen-bond acceptors (Lipinski definition) is 3. The van der Waals surface area contributed by atoms with Crippen molar-refractivity contribution in [1.29, 1.82) is 0 Å². The highest BCUT2D eigenvalue weighted by Crippen LogP contribution is 2.20. The molecule has 0 saturated carbocycles. The smallest absolute Gasteiger partial charge is 0.319 e. The summed E-state index contributed by atoms with van der Waals surface area (Å²) in [5.41, 5.74) is 1.76. The first-order valence-electron chi connectivity index (χ1n) is 10.4. The molecule has 0 bridgehead atoms. The molecule has 30 heavy (non-hydrogen) atoms. The zero-order valence-electron chi connectivity index (χ0n) is 17.9. The Bertz CT molecular complexity index is 1040. The molecule has 0 aliphatic heterocycles. The molecule has 1 heterocycles. The average Bonchev–Trinajstić information content (AvgIpc) is 2.74. The SMILES string of the molecule is CC(C)Cn1cc(NC(=O)NCCCN(C)c2ccccc2)c2ccccc2c1=O. The number of pyridine rings is 1. The monoisotopic (exact) mass is 406 g/mol. The number of fused-ring (bicyclic) bond motifs is 1. The van der Waals surface area contributed by atoms with Gasteiger partial charge in [-0.3, -0.25) is 4.79 Å². The molecule has 0 unspecified atom stereocenters. The van der Waals surface area contributed by atoms with Gasteiger partial charge in [-0.05, 0) is 30.5 Å². The van der Waals surface area contributed by atoms with Crippen LogP contribution in [0.1, 0.15) is 20.3 Å². The van der Waals surface area contributed by atoms with Crippen molar-refractivity contribution >= 4 is 28.2 Å². The summed E-state index contributed by atoms with van der Waals surface area (Å²) in [5.74, 6) is 0.326. The highest BCUT2D eigenvalue weighted by atomic mass is 16.2. The highest BCUT2D eigenvalue weighted by molar-refractivity contribution is 6.00. The van der Waals surface area contributed by atoms with Gasteiger partial charge in [-0.15, -0.1) is 0 Å². The third kappa shape index (κ3) is 5.41. The number of aromatic nitrogens is 1. The second kappa shape index (κ2) is 9.96. The summed E-state index contributed by atoms with van der Waals surface area (Å²) in [7, 11) is 2.04. The maximum absolute atomic E-state index is 12.7. The number of carbonyl (C=O) groups is 1. The summed E-state index contributed by atoms with van der Waals surface area (Å²) in [5, 5.41) is 7.20. The summed E-state index contributed by atoms with van der Waals surface area (Å²) in [6.45, 7) is 6.13. The fourth-order valence-corrected chi connectivity index (χ4v) is 3.47. The van der Waals surface area contributed by atoms with Crippen molar-refractivity contribution in [2.24, 2.45) is 5.92 Å². The molecule has 0 aliphatic rings. The normalized spacial score (nSPS) is 10.9. The minimum atomic E-state index is -0.266. The Morgan fingerprint density at radius 2 is 1.70 bits per heavy atom. The van der Waals surface area contributed by atoms with E-state index in [0.717, 1.165) is 24.0 Å². The predicted molar refractivity (Wildman–Crippen MR) is 124 cm³/mol. The lowest BCUT2D eigenvalue weighted by Gasteiger charge is -2.19. The quantitative estimate of drug-likeness (QED) is 0.548. The number of nitrogens with zero attached hydrogens (tertiary/aromatic N) is 2. The fraction of sp³-hybridized carbons (Fsp3) is 0.333. The zero-order valence-corrected chi connectivity index (χ0v) is 17.9. The van der Waals surface area contributed by atoms with Crippen molar-refractivity contribution in [3.8, 4) is 0 Å². The molecule has 6 nitrogen and oxygen atoms in total. The Labute approximate surface area is 177 Å². The van der Waals surface area contributed by atoms with Crippen LogP contribution in [-0.2, 0) is 6.54 Å². The topological polar surface area (TPSA) is 66.4 Å². The van der Waals surface area contributed by atoms with Gasteiger partial charge in [0.2, 0.25) is 0 Å². The van der Waals surface area contributed by atoms with Gasteiger partial charge in [0.15, 0.2) is 0 Å². The second-order valence-electron chi connectivity index (χ2n) is 7.93. The number of nitrogens with one attached hydrogen (secondary N) is 2. The van der Waals surface area contributed by atoms with Crippen LogP contribution in [0.5, 0.6) is 0 Å². The van der Waals surface area contributed by atoms with Crippen LogP contribution < -0.4 is 21.1 Å². The van der Waals surface area contributed by atoms with E-state index in [4.69, 9.17) is 0 Å². The minimum absolute atomic E-state index is 0.0331. The van der Waals surface area contributed by atoms with E-state index in [1.807, 2.05) is 43.4 Å². The van der Waals surface area contributed by atoms with E-state index in [9.17, 15) is 9.59 Å². The molecule has 2 N–H and O–H groups in total. The van der Waals surface area contributed by atoms with E-state index in [1.165, 1.54) is 0 Å². The van der Waals surface area contributed by atoms with E-state index in [0.29, 0.717) is 30.1 Å². The third-order valence-electron chi connectivity index (χ3n) is 4.96. The van der Waals surface area contributed by atoms with Gasteiger partial charge in [0.05, 0.1) is 5.69 Å². The summed E-state index contributed by atoms with van der Waals surface area (Å²) < 4.78 is 1.68. The van der Waals surface area contributed by atoms with Crippen molar-refractivity contribution in [3.63, 3.8) is 0 Å². The molecule has 0 atom stereocenters. The molecule has 0 saturated heterocycles. The highest BCUT2D eigenvalue weighted by Gasteiger charge is 2.11. The Kier molecular flexibility index (Phi) is 7.12. The summed E-state index contributed by atoms with van der Waals surface area (Å²) in [6.07, 6.45) is 2.57. The first kappa shape index (κ1) is 21.4. The van der Waals surface area contributed by atoms with Gasteiger partial charge in [-0.25, -0.2) is 4.79 Å². The minimum Gasteiger partial charge on any atom is -0.375 e. The summed E-state index contributed by atoms with van der Waals surface area (Å²) in [4.78, 5) is 27.4. The lowest BCUT2D eigenvalue weighted by molar-refractivity contribution is 0.252. The van der Waals surface area contributed by atoms with Crippen LogP contribution in [0.2, 0.25) is 0 Å². The fourth-order valence-electron chi connectivity index (χ4n) is 3.47. The Balaban J connectivity index is 1.62. The number of hydrogen-bond donors (Lipinski definition) is 2. The van der Waals surface area contributed by atoms with Crippen molar-refractivity contribution in [3.05, 3.63) is 71.1 Å². The third-order valence-corrected chi connectivity index (χ3v) is 4.96. The van der Waals surface area contributed by atoms with E-state index >= 15 is 0 Å². The van der Waals surface area contributed by atoms with Crippen LogP contribution >= 0.6 is 0 Å². The molecule has 2 amide bonds. The predicted octanol–water partition coefficient (Wildman–Crippen LogP) is 4.31. The lowest BCUT2D eigenvalue weighted by Crippen LogP contribution is -2.32. The van der Waals surface area contributed by atoms with Crippen LogP contribution in [0, 0.1) is 5.92 Å². The molecular weight excluding hydrogens is 376 g/mol. The first-order chi connectivity index (χ1) is 14.5. The molecule has 0 spiro atoms. The van der Waals surface area contributed by atoms with Crippen LogP contribution in [0.4, 0.5) is 16.2 Å². The summed E-state index contributed by atoms with van der Waals surface area (Å²) >= 11 is 0. The van der Waals surface area contributed by atoms with Gasteiger partial charge in [-0.2, -0.15) is 0 Å². The number of amides is 2. The van der Waals surface area contributed by atoms with Gasteiger partial charge >= 0.3 is 6.03 Å². The Hall–Kier alpha value is -3.28. The molecule has 0 aliphatic carbocycles. The van der Waals surface area contributed by atoms with Crippen molar-refractivity contribution in [1.82, 2.24) is 9.88 Å². The number of anilines is 2. The molecule has 0 fully saturated rings.